The van der Waals surface area contributed by atoms with Gasteiger partial charge in [0.15, 0.2) is 5.01 Å². The van der Waals surface area contributed by atoms with Crippen LogP contribution in [0.4, 0.5) is 0 Å². The lowest BCUT2D eigenvalue weighted by atomic mass is 9.93. The van der Waals surface area contributed by atoms with Crippen LogP contribution >= 0.6 is 11.3 Å². The van der Waals surface area contributed by atoms with Gasteiger partial charge in [0.1, 0.15) is 11.9 Å². The normalized spacial score (nSPS) is 18.8. The molecule has 152 valence electrons. The molecule has 5 nitrogen and oxygen atoms in total. The maximum Gasteiger partial charge on any atom is 0.306 e. The molecule has 0 saturated carbocycles. The number of ketones is 1. The second kappa shape index (κ2) is 9.99. The fraction of sp³-hybridized carbons (Fsp3) is 0.591. The molecule has 6 heteroatoms. The average molecular weight is 404 g/mol. The zero-order valence-electron chi connectivity index (χ0n) is 17.0. The number of terminal acetylenes is 1. The Hall–Kier alpha value is -1.97. The summed E-state index contributed by atoms with van der Waals surface area (Å²) in [5, 5.41) is 12.4. The van der Waals surface area contributed by atoms with Crippen molar-refractivity contribution in [1.29, 1.82) is 0 Å². The molecule has 0 bridgehead atoms. The molecular weight excluding hydrogens is 374 g/mol. The second-order valence-corrected chi connectivity index (χ2v) is 8.64. The van der Waals surface area contributed by atoms with Crippen molar-refractivity contribution in [2.75, 3.05) is 0 Å². The number of allylic oxidation sites excluding steroid dienone is 1. The van der Waals surface area contributed by atoms with Crippen LogP contribution in [0.5, 0.6) is 0 Å². The lowest BCUT2D eigenvalue weighted by Crippen LogP contribution is -2.24. The van der Waals surface area contributed by atoms with Crippen molar-refractivity contribution in [2.45, 2.75) is 72.0 Å². The van der Waals surface area contributed by atoms with E-state index in [1.54, 1.807) is 6.92 Å². The molecule has 0 aromatic carbocycles. The second-order valence-electron chi connectivity index (χ2n) is 7.78. The smallest absolute Gasteiger partial charge is 0.306 e. The maximum atomic E-state index is 12.3. The Labute approximate surface area is 171 Å². The van der Waals surface area contributed by atoms with Gasteiger partial charge < -0.3 is 9.84 Å². The SMILES string of the molecule is C#Cc1nc(C2=C(C)C(OC(=O)CCC(C)C(=O)CC(O)C(C)C)CC2)cs1. The van der Waals surface area contributed by atoms with E-state index in [2.05, 4.69) is 10.9 Å². The van der Waals surface area contributed by atoms with Gasteiger partial charge in [0.05, 0.1) is 11.8 Å². The van der Waals surface area contributed by atoms with Crippen LogP contribution in [-0.2, 0) is 14.3 Å². The van der Waals surface area contributed by atoms with Crippen molar-refractivity contribution >= 4 is 28.7 Å². The molecule has 1 aliphatic carbocycles. The van der Waals surface area contributed by atoms with Crippen molar-refractivity contribution < 1.29 is 19.4 Å². The van der Waals surface area contributed by atoms with Crippen LogP contribution in [0.1, 0.15) is 70.5 Å². The molecule has 3 unspecified atom stereocenters. The molecule has 28 heavy (non-hydrogen) atoms. The molecule has 1 N–H and O–H groups in total. The van der Waals surface area contributed by atoms with E-state index in [-0.39, 0.29) is 42.5 Å². The van der Waals surface area contributed by atoms with Crippen LogP contribution in [0.15, 0.2) is 11.0 Å². The van der Waals surface area contributed by atoms with Crippen molar-refractivity contribution in [3.8, 4) is 12.3 Å². The number of carbonyl (C=O) groups is 2. The number of aromatic nitrogens is 1. The molecule has 2 rings (SSSR count). The monoisotopic (exact) mass is 403 g/mol. The Balaban J connectivity index is 1.85. The van der Waals surface area contributed by atoms with Crippen molar-refractivity contribution in [2.24, 2.45) is 11.8 Å². The van der Waals surface area contributed by atoms with Gasteiger partial charge in [-0.3, -0.25) is 9.59 Å². The zero-order valence-corrected chi connectivity index (χ0v) is 17.8. The molecule has 1 heterocycles. The van der Waals surface area contributed by atoms with Crippen molar-refractivity contribution in [1.82, 2.24) is 4.98 Å². The van der Waals surface area contributed by atoms with Gasteiger partial charge in [0.2, 0.25) is 0 Å². The minimum absolute atomic E-state index is 0.0129. The summed E-state index contributed by atoms with van der Waals surface area (Å²) >= 11 is 1.43. The average Bonchev–Trinajstić information content (AvgIpc) is 3.26. The van der Waals surface area contributed by atoms with E-state index >= 15 is 0 Å². The molecule has 0 fully saturated rings. The number of Topliss-reactive ketones (excluding diaryl/α,β-unsaturated/α-hetero) is 1. The van der Waals surface area contributed by atoms with Crippen molar-refractivity contribution in [3.05, 3.63) is 21.7 Å². The number of aliphatic hydroxyl groups is 1. The van der Waals surface area contributed by atoms with E-state index in [1.807, 2.05) is 26.2 Å². The van der Waals surface area contributed by atoms with Gasteiger partial charge in [0.25, 0.3) is 0 Å². The highest BCUT2D eigenvalue weighted by molar-refractivity contribution is 7.10. The van der Waals surface area contributed by atoms with Gasteiger partial charge in [0, 0.05) is 24.1 Å². The first-order valence-electron chi connectivity index (χ1n) is 9.75. The minimum Gasteiger partial charge on any atom is -0.458 e. The van der Waals surface area contributed by atoms with Gasteiger partial charge >= 0.3 is 5.97 Å². The van der Waals surface area contributed by atoms with Gasteiger partial charge in [-0.05, 0) is 49.2 Å². The standard InChI is InChI=1S/C22H29NO4S/c1-6-21-23-17(12-28-21)16-8-9-20(15(16)5)27-22(26)10-7-14(4)19(25)11-18(24)13(2)3/h1,12-14,18,20,24H,7-11H2,2-5H3. The number of aliphatic hydroxyl groups excluding tert-OH is 1. The van der Waals surface area contributed by atoms with E-state index in [9.17, 15) is 14.7 Å². The topological polar surface area (TPSA) is 76.5 Å². The van der Waals surface area contributed by atoms with Gasteiger partial charge in [-0.25, -0.2) is 4.98 Å². The zero-order chi connectivity index (χ0) is 20.8. The van der Waals surface area contributed by atoms with Gasteiger partial charge in [-0.15, -0.1) is 17.8 Å². The fourth-order valence-corrected chi connectivity index (χ4v) is 3.83. The highest BCUT2D eigenvalue weighted by Crippen LogP contribution is 2.36. The predicted molar refractivity (Wildman–Crippen MR) is 111 cm³/mol. The summed E-state index contributed by atoms with van der Waals surface area (Å²) in [5.74, 6) is 2.01. The molecule has 3 atom stereocenters. The Morgan fingerprint density at radius 2 is 2.14 bits per heavy atom. The summed E-state index contributed by atoms with van der Waals surface area (Å²) in [6.45, 7) is 7.52. The van der Waals surface area contributed by atoms with Crippen LogP contribution in [0.2, 0.25) is 0 Å². The highest BCUT2D eigenvalue weighted by Gasteiger charge is 2.28. The van der Waals surface area contributed by atoms with E-state index in [0.717, 1.165) is 29.7 Å². The van der Waals surface area contributed by atoms with Crippen LogP contribution in [0.3, 0.4) is 0 Å². The lowest BCUT2D eigenvalue weighted by Gasteiger charge is -2.17. The first-order valence-corrected chi connectivity index (χ1v) is 10.6. The number of carbonyl (C=O) groups excluding carboxylic acids is 2. The quantitative estimate of drug-likeness (QED) is 0.498. The summed E-state index contributed by atoms with van der Waals surface area (Å²) in [6, 6.07) is 0. The Morgan fingerprint density at radius 3 is 2.75 bits per heavy atom. The van der Waals surface area contributed by atoms with E-state index < -0.39 is 6.10 Å². The number of hydrogen-bond acceptors (Lipinski definition) is 6. The Kier molecular flexibility index (Phi) is 7.97. The molecule has 0 aliphatic heterocycles. The number of nitrogens with zero attached hydrogens (tertiary/aromatic N) is 1. The maximum absolute atomic E-state index is 12.3. The largest absolute Gasteiger partial charge is 0.458 e. The van der Waals surface area contributed by atoms with Crippen LogP contribution in [-0.4, -0.2) is 34.1 Å². The number of thiazole rings is 1. The Bertz CT molecular complexity index is 787. The number of ether oxygens (including phenoxy) is 1. The summed E-state index contributed by atoms with van der Waals surface area (Å²) in [6.07, 6.45) is 6.82. The first kappa shape index (κ1) is 22.3. The fourth-order valence-electron chi connectivity index (χ4n) is 3.20. The first-order chi connectivity index (χ1) is 13.2. The minimum atomic E-state index is -0.632. The van der Waals surface area contributed by atoms with E-state index in [1.165, 1.54) is 11.3 Å². The molecule has 0 radical (unpaired) electrons. The van der Waals surface area contributed by atoms with Crippen molar-refractivity contribution in [3.63, 3.8) is 0 Å². The van der Waals surface area contributed by atoms with Crippen LogP contribution in [0, 0.1) is 24.2 Å². The molecule has 1 aromatic heterocycles. The van der Waals surface area contributed by atoms with E-state index in [0.29, 0.717) is 11.4 Å². The Morgan fingerprint density at radius 1 is 1.43 bits per heavy atom. The third-order valence-corrected chi connectivity index (χ3v) is 6.11. The summed E-state index contributed by atoms with van der Waals surface area (Å²) < 4.78 is 5.64. The molecule has 0 saturated heterocycles. The third kappa shape index (κ3) is 5.76. The predicted octanol–water partition coefficient (Wildman–Crippen LogP) is 4.00. The van der Waals surface area contributed by atoms with Gasteiger partial charge in [-0.2, -0.15) is 0 Å². The molecule has 1 aromatic rings. The molecular formula is C22H29NO4S. The number of rotatable bonds is 9. The molecule has 1 aliphatic rings. The van der Waals surface area contributed by atoms with E-state index in [4.69, 9.17) is 11.2 Å². The van der Waals surface area contributed by atoms with Gasteiger partial charge in [-0.1, -0.05) is 20.8 Å². The third-order valence-electron chi connectivity index (χ3n) is 5.34. The van der Waals surface area contributed by atoms with Crippen LogP contribution in [0.25, 0.3) is 5.57 Å². The summed E-state index contributed by atoms with van der Waals surface area (Å²) in [5.41, 5.74) is 2.99. The molecule has 0 spiro atoms. The number of hydrogen-bond donors (Lipinski definition) is 1. The number of esters is 1. The van der Waals surface area contributed by atoms with Crippen LogP contribution < -0.4 is 0 Å². The summed E-state index contributed by atoms with van der Waals surface area (Å²) in [4.78, 5) is 28.8. The lowest BCUT2D eigenvalue weighted by molar-refractivity contribution is -0.147. The summed E-state index contributed by atoms with van der Waals surface area (Å²) in [7, 11) is 0. The highest BCUT2D eigenvalue weighted by atomic mass is 32.1. The molecule has 0 amide bonds.